The zero-order valence-corrected chi connectivity index (χ0v) is 14.8. The number of amides is 3. The predicted octanol–water partition coefficient (Wildman–Crippen LogP) is 1.79. The predicted molar refractivity (Wildman–Crippen MR) is 92.3 cm³/mol. The Kier molecular flexibility index (Phi) is 7.08. The number of carbonyl (C=O) groups excluding carboxylic acids is 2. The number of hydrogen-bond acceptors (Lipinski definition) is 3. The van der Waals surface area contributed by atoms with Gasteiger partial charge in [0.05, 0.1) is 6.20 Å². The molecular weight excluding hydrogens is 306 g/mol. The van der Waals surface area contributed by atoms with E-state index < -0.39 is 0 Å². The van der Waals surface area contributed by atoms with E-state index in [1.54, 1.807) is 15.8 Å². The van der Waals surface area contributed by atoms with E-state index in [2.05, 4.69) is 15.7 Å². The lowest BCUT2D eigenvalue weighted by Crippen LogP contribution is -2.44. The van der Waals surface area contributed by atoms with E-state index in [-0.39, 0.29) is 18.0 Å². The fraction of sp³-hybridized carbons (Fsp3) is 0.706. The highest BCUT2D eigenvalue weighted by Gasteiger charge is 2.16. The van der Waals surface area contributed by atoms with Gasteiger partial charge in [0.15, 0.2) is 0 Å². The molecule has 0 aromatic carbocycles. The van der Waals surface area contributed by atoms with Crippen molar-refractivity contribution in [1.82, 2.24) is 25.3 Å². The van der Waals surface area contributed by atoms with Gasteiger partial charge in [-0.05, 0) is 19.8 Å². The first-order chi connectivity index (χ1) is 11.6. The van der Waals surface area contributed by atoms with Crippen LogP contribution < -0.4 is 10.6 Å². The van der Waals surface area contributed by atoms with Gasteiger partial charge in [-0.25, -0.2) is 4.79 Å². The van der Waals surface area contributed by atoms with Crippen LogP contribution in [0.3, 0.4) is 0 Å². The van der Waals surface area contributed by atoms with Crippen LogP contribution in [0.2, 0.25) is 0 Å². The largest absolute Gasteiger partial charge is 0.338 e. The summed E-state index contributed by atoms with van der Waals surface area (Å²) >= 11 is 0. The molecule has 0 atom stereocenters. The van der Waals surface area contributed by atoms with Crippen LogP contribution in [0.1, 0.15) is 51.0 Å². The number of nitrogens with one attached hydrogen (secondary N) is 2. The Bertz CT molecular complexity index is 537. The first kappa shape index (κ1) is 18.3. The number of hydrogen-bond donors (Lipinski definition) is 2. The lowest BCUT2D eigenvalue weighted by Gasteiger charge is -2.23. The van der Waals surface area contributed by atoms with Gasteiger partial charge in [0.2, 0.25) is 5.91 Å². The molecule has 24 heavy (non-hydrogen) atoms. The van der Waals surface area contributed by atoms with Gasteiger partial charge < -0.3 is 15.5 Å². The third-order valence-corrected chi connectivity index (χ3v) is 4.43. The van der Waals surface area contributed by atoms with Gasteiger partial charge in [0, 0.05) is 50.9 Å². The highest BCUT2D eigenvalue weighted by molar-refractivity contribution is 5.78. The lowest BCUT2D eigenvalue weighted by molar-refractivity contribution is -0.131. The van der Waals surface area contributed by atoms with E-state index in [9.17, 15) is 9.59 Å². The molecular formula is C17H29N5O2. The van der Waals surface area contributed by atoms with Gasteiger partial charge in [-0.1, -0.05) is 19.3 Å². The van der Waals surface area contributed by atoms with Gasteiger partial charge in [0.25, 0.3) is 0 Å². The summed E-state index contributed by atoms with van der Waals surface area (Å²) in [5, 5.41) is 9.90. The first-order valence-electron chi connectivity index (χ1n) is 8.88. The summed E-state index contributed by atoms with van der Waals surface area (Å²) in [5.41, 5.74) is 1.01. The smallest absolute Gasteiger partial charge is 0.315 e. The summed E-state index contributed by atoms with van der Waals surface area (Å²) in [6.45, 7) is 3.51. The van der Waals surface area contributed by atoms with Crippen molar-refractivity contribution in [3.8, 4) is 0 Å². The van der Waals surface area contributed by atoms with Gasteiger partial charge >= 0.3 is 6.03 Å². The Morgan fingerprint density at radius 2 is 2.08 bits per heavy atom. The summed E-state index contributed by atoms with van der Waals surface area (Å²) in [7, 11) is 1.86. The van der Waals surface area contributed by atoms with E-state index in [0.717, 1.165) is 18.4 Å². The maximum absolute atomic E-state index is 12.3. The molecule has 1 saturated carbocycles. The second kappa shape index (κ2) is 9.30. The Morgan fingerprint density at radius 3 is 2.71 bits per heavy atom. The number of aryl methyl sites for hydroxylation is 1. The van der Waals surface area contributed by atoms with E-state index in [0.29, 0.717) is 26.1 Å². The first-order valence-corrected chi connectivity index (χ1v) is 8.88. The molecule has 7 nitrogen and oxygen atoms in total. The molecule has 1 heterocycles. The lowest BCUT2D eigenvalue weighted by atomic mass is 9.96. The molecule has 134 valence electrons. The Hall–Kier alpha value is -2.05. The van der Waals surface area contributed by atoms with Crippen LogP contribution in [0, 0.1) is 0 Å². The minimum Gasteiger partial charge on any atom is -0.338 e. The van der Waals surface area contributed by atoms with Crippen molar-refractivity contribution in [2.45, 2.75) is 58.0 Å². The Labute approximate surface area is 143 Å². The summed E-state index contributed by atoms with van der Waals surface area (Å²) in [4.78, 5) is 25.9. The molecule has 7 heteroatoms. The molecule has 3 amide bonds. The van der Waals surface area contributed by atoms with Gasteiger partial charge in [-0.2, -0.15) is 5.10 Å². The molecule has 1 aliphatic rings. The Balaban J connectivity index is 1.67. The molecule has 1 aromatic rings. The zero-order chi connectivity index (χ0) is 17.4. The molecule has 2 N–H and O–H groups in total. The van der Waals surface area contributed by atoms with Gasteiger partial charge in [0.1, 0.15) is 0 Å². The standard InChI is InChI=1S/C17H29N5O2/c1-3-22(13-14-11-19-21(2)12-14)16(23)9-10-18-17(24)20-15-7-5-4-6-8-15/h11-12,15H,3-10,13H2,1-2H3,(H2,18,20,24). The molecule has 0 saturated heterocycles. The van der Waals surface area contributed by atoms with Crippen LogP contribution in [-0.2, 0) is 18.4 Å². The van der Waals surface area contributed by atoms with Crippen molar-refractivity contribution in [2.24, 2.45) is 7.05 Å². The van der Waals surface area contributed by atoms with E-state index >= 15 is 0 Å². The number of urea groups is 1. The summed E-state index contributed by atoms with van der Waals surface area (Å²) in [5.74, 6) is 0.0410. The van der Waals surface area contributed by atoms with Crippen LogP contribution in [0.5, 0.6) is 0 Å². The second-order valence-corrected chi connectivity index (χ2v) is 6.42. The highest BCUT2D eigenvalue weighted by Crippen LogP contribution is 2.17. The maximum Gasteiger partial charge on any atom is 0.315 e. The molecule has 0 bridgehead atoms. The normalized spacial score (nSPS) is 15.1. The zero-order valence-electron chi connectivity index (χ0n) is 14.8. The van der Waals surface area contributed by atoms with Crippen LogP contribution in [-0.4, -0.2) is 45.8 Å². The summed E-state index contributed by atoms with van der Waals surface area (Å²) in [6.07, 6.45) is 9.73. The molecule has 1 aliphatic carbocycles. The number of carbonyl (C=O) groups is 2. The monoisotopic (exact) mass is 335 g/mol. The van der Waals surface area contributed by atoms with E-state index in [4.69, 9.17) is 0 Å². The maximum atomic E-state index is 12.3. The summed E-state index contributed by atoms with van der Waals surface area (Å²) < 4.78 is 1.73. The third-order valence-electron chi connectivity index (χ3n) is 4.43. The van der Waals surface area contributed by atoms with Crippen molar-refractivity contribution < 1.29 is 9.59 Å². The molecule has 0 radical (unpaired) electrons. The number of aromatic nitrogens is 2. The van der Waals surface area contributed by atoms with Gasteiger partial charge in [-0.15, -0.1) is 0 Å². The molecule has 1 aromatic heterocycles. The minimum absolute atomic E-state index is 0.0410. The number of rotatable bonds is 7. The van der Waals surface area contributed by atoms with Gasteiger partial charge in [-0.3, -0.25) is 9.48 Å². The van der Waals surface area contributed by atoms with Crippen LogP contribution in [0.25, 0.3) is 0 Å². The van der Waals surface area contributed by atoms with Crippen molar-refractivity contribution in [3.05, 3.63) is 18.0 Å². The molecule has 2 rings (SSSR count). The average Bonchev–Trinajstić information content (AvgIpc) is 2.98. The van der Waals surface area contributed by atoms with Crippen molar-refractivity contribution in [1.29, 1.82) is 0 Å². The fourth-order valence-corrected chi connectivity index (χ4v) is 3.07. The second-order valence-electron chi connectivity index (χ2n) is 6.42. The molecule has 0 unspecified atom stereocenters. The van der Waals surface area contributed by atoms with Crippen molar-refractivity contribution in [2.75, 3.05) is 13.1 Å². The third kappa shape index (κ3) is 5.86. The average molecular weight is 335 g/mol. The van der Waals surface area contributed by atoms with Crippen LogP contribution >= 0.6 is 0 Å². The minimum atomic E-state index is -0.162. The number of nitrogens with zero attached hydrogens (tertiary/aromatic N) is 3. The van der Waals surface area contributed by atoms with Crippen molar-refractivity contribution >= 4 is 11.9 Å². The quantitative estimate of drug-likeness (QED) is 0.797. The molecule has 1 fully saturated rings. The fourth-order valence-electron chi connectivity index (χ4n) is 3.07. The highest BCUT2D eigenvalue weighted by atomic mass is 16.2. The van der Waals surface area contributed by atoms with Crippen LogP contribution in [0.15, 0.2) is 12.4 Å². The Morgan fingerprint density at radius 1 is 1.33 bits per heavy atom. The van der Waals surface area contributed by atoms with Crippen molar-refractivity contribution in [3.63, 3.8) is 0 Å². The molecule has 0 aliphatic heterocycles. The topological polar surface area (TPSA) is 79.3 Å². The molecule has 0 spiro atoms. The van der Waals surface area contributed by atoms with E-state index in [1.165, 1.54) is 19.3 Å². The van der Waals surface area contributed by atoms with Crippen LogP contribution in [0.4, 0.5) is 4.79 Å². The summed E-state index contributed by atoms with van der Waals surface area (Å²) in [6, 6.07) is 0.122. The SMILES string of the molecule is CCN(Cc1cnn(C)c1)C(=O)CCNC(=O)NC1CCCCC1. The van der Waals surface area contributed by atoms with E-state index in [1.807, 2.05) is 20.2 Å².